The van der Waals surface area contributed by atoms with Crippen molar-refractivity contribution in [2.45, 2.75) is 39.7 Å². The van der Waals surface area contributed by atoms with Crippen molar-refractivity contribution in [1.29, 1.82) is 0 Å². The minimum Gasteiger partial charge on any atom is -0.313 e. The van der Waals surface area contributed by atoms with E-state index in [1.807, 2.05) is 0 Å². The molecule has 2 heteroatoms. The van der Waals surface area contributed by atoms with Crippen molar-refractivity contribution in [3.05, 3.63) is 34.3 Å². The van der Waals surface area contributed by atoms with Gasteiger partial charge >= 0.3 is 0 Å². The molecule has 0 radical (unpaired) electrons. The highest BCUT2D eigenvalue weighted by Gasteiger charge is 2.01. The highest BCUT2D eigenvalue weighted by Crippen LogP contribution is 2.19. The number of aryl methyl sites for hydroxylation is 1. The SMILES string of the molecule is CCCCc1ccc(CNCC)c(Cl)c1. The summed E-state index contributed by atoms with van der Waals surface area (Å²) in [4.78, 5) is 0. The van der Waals surface area contributed by atoms with Gasteiger partial charge in [-0.05, 0) is 36.6 Å². The molecule has 0 fully saturated rings. The fourth-order valence-corrected chi connectivity index (χ4v) is 1.80. The Labute approximate surface area is 97.8 Å². The standard InChI is InChI=1S/C13H20ClN/c1-3-5-6-11-7-8-12(10-15-4-2)13(14)9-11/h7-9,15H,3-6,10H2,1-2H3. The van der Waals surface area contributed by atoms with Crippen LogP contribution in [0.5, 0.6) is 0 Å². The van der Waals surface area contributed by atoms with Crippen LogP contribution in [-0.2, 0) is 13.0 Å². The van der Waals surface area contributed by atoms with Crippen LogP contribution in [0.25, 0.3) is 0 Å². The summed E-state index contributed by atoms with van der Waals surface area (Å²) in [5.41, 5.74) is 2.54. The van der Waals surface area contributed by atoms with Gasteiger partial charge < -0.3 is 5.32 Å². The van der Waals surface area contributed by atoms with Crippen molar-refractivity contribution in [3.63, 3.8) is 0 Å². The Morgan fingerprint density at radius 1 is 1.27 bits per heavy atom. The molecule has 0 aliphatic heterocycles. The number of nitrogens with one attached hydrogen (secondary N) is 1. The Kier molecular flexibility index (Phi) is 5.74. The Hall–Kier alpha value is -0.530. The molecule has 15 heavy (non-hydrogen) atoms. The third-order valence-electron chi connectivity index (χ3n) is 2.50. The molecule has 0 bridgehead atoms. The first-order chi connectivity index (χ1) is 7.27. The van der Waals surface area contributed by atoms with Crippen molar-refractivity contribution in [2.24, 2.45) is 0 Å². The molecular formula is C13H20ClN. The largest absolute Gasteiger partial charge is 0.313 e. The van der Waals surface area contributed by atoms with E-state index in [1.165, 1.54) is 24.0 Å². The fraction of sp³-hybridized carbons (Fsp3) is 0.538. The first-order valence-electron chi connectivity index (χ1n) is 5.76. The van der Waals surface area contributed by atoms with Crippen LogP contribution in [0, 0.1) is 0 Å². The molecular weight excluding hydrogens is 206 g/mol. The predicted octanol–water partition coefficient (Wildman–Crippen LogP) is 3.79. The predicted molar refractivity (Wildman–Crippen MR) is 67.4 cm³/mol. The zero-order valence-corrected chi connectivity index (χ0v) is 10.4. The van der Waals surface area contributed by atoms with Crippen LogP contribution in [0.4, 0.5) is 0 Å². The maximum absolute atomic E-state index is 6.20. The Morgan fingerprint density at radius 3 is 2.67 bits per heavy atom. The number of unbranched alkanes of at least 4 members (excludes halogenated alkanes) is 1. The van der Waals surface area contributed by atoms with Crippen LogP contribution in [0.2, 0.25) is 5.02 Å². The van der Waals surface area contributed by atoms with Gasteiger partial charge in [0.05, 0.1) is 0 Å². The second-order valence-corrected chi connectivity index (χ2v) is 4.22. The maximum Gasteiger partial charge on any atom is 0.0453 e. The van der Waals surface area contributed by atoms with Gasteiger partial charge in [-0.25, -0.2) is 0 Å². The maximum atomic E-state index is 6.20. The van der Waals surface area contributed by atoms with Gasteiger partial charge in [0.2, 0.25) is 0 Å². The first kappa shape index (κ1) is 12.5. The van der Waals surface area contributed by atoms with Crippen molar-refractivity contribution >= 4 is 11.6 Å². The highest BCUT2D eigenvalue weighted by atomic mass is 35.5. The second-order valence-electron chi connectivity index (χ2n) is 3.81. The Balaban J connectivity index is 2.61. The van der Waals surface area contributed by atoms with E-state index >= 15 is 0 Å². The number of rotatable bonds is 6. The van der Waals surface area contributed by atoms with Gasteiger partial charge in [0, 0.05) is 11.6 Å². The molecule has 0 heterocycles. The van der Waals surface area contributed by atoms with Crippen molar-refractivity contribution in [3.8, 4) is 0 Å². The molecule has 0 spiro atoms. The number of benzene rings is 1. The Bertz CT molecular complexity index is 297. The monoisotopic (exact) mass is 225 g/mol. The summed E-state index contributed by atoms with van der Waals surface area (Å²) in [6.45, 7) is 6.15. The quantitative estimate of drug-likeness (QED) is 0.777. The van der Waals surface area contributed by atoms with E-state index in [-0.39, 0.29) is 0 Å². The molecule has 1 rings (SSSR count). The van der Waals surface area contributed by atoms with Crippen molar-refractivity contribution in [2.75, 3.05) is 6.54 Å². The lowest BCUT2D eigenvalue weighted by Crippen LogP contribution is -2.12. The van der Waals surface area contributed by atoms with E-state index in [4.69, 9.17) is 11.6 Å². The molecule has 0 aliphatic carbocycles. The second kappa shape index (κ2) is 6.86. The minimum atomic E-state index is 0.864. The van der Waals surface area contributed by atoms with Gasteiger partial charge in [0.25, 0.3) is 0 Å². The topological polar surface area (TPSA) is 12.0 Å². The summed E-state index contributed by atoms with van der Waals surface area (Å²) in [5, 5.41) is 4.18. The van der Waals surface area contributed by atoms with E-state index in [2.05, 4.69) is 37.4 Å². The van der Waals surface area contributed by atoms with E-state index < -0.39 is 0 Å². The third kappa shape index (κ3) is 4.23. The van der Waals surface area contributed by atoms with Crippen molar-refractivity contribution in [1.82, 2.24) is 5.32 Å². The lowest BCUT2D eigenvalue weighted by Gasteiger charge is -2.07. The van der Waals surface area contributed by atoms with Gasteiger partial charge in [-0.1, -0.05) is 44.0 Å². The summed E-state index contributed by atoms with van der Waals surface area (Å²) in [5.74, 6) is 0. The van der Waals surface area contributed by atoms with Crippen molar-refractivity contribution < 1.29 is 0 Å². The van der Waals surface area contributed by atoms with Gasteiger partial charge in [-0.3, -0.25) is 0 Å². The van der Waals surface area contributed by atoms with Crippen LogP contribution in [0.3, 0.4) is 0 Å². The molecule has 1 aromatic rings. The first-order valence-corrected chi connectivity index (χ1v) is 6.13. The van der Waals surface area contributed by atoms with E-state index in [0.717, 1.165) is 24.5 Å². The summed E-state index contributed by atoms with van der Waals surface area (Å²) < 4.78 is 0. The van der Waals surface area contributed by atoms with Crippen LogP contribution in [0.1, 0.15) is 37.8 Å². The number of hydrogen-bond donors (Lipinski definition) is 1. The van der Waals surface area contributed by atoms with Crippen LogP contribution in [-0.4, -0.2) is 6.54 Å². The minimum absolute atomic E-state index is 0.864. The van der Waals surface area contributed by atoms with Gasteiger partial charge in [0.15, 0.2) is 0 Å². The molecule has 0 amide bonds. The molecule has 0 unspecified atom stereocenters. The summed E-state index contributed by atoms with van der Waals surface area (Å²) >= 11 is 6.20. The molecule has 0 aromatic heterocycles. The number of halogens is 1. The zero-order valence-electron chi connectivity index (χ0n) is 9.65. The van der Waals surface area contributed by atoms with E-state index in [0.29, 0.717) is 0 Å². The van der Waals surface area contributed by atoms with Crippen LogP contribution in [0.15, 0.2) is 18.2 Å². The smallest absolute Gasteiger partial charge is 0.0453 e. The highest BCUT2D eigenvalue weighted by molar-refractivity contribution is 6.31. The van der Waals surface area contributed by atoms with Crippen LogP contribution >= 0.6 is 11.6 Å². The average Bonchev–Trinajstić information content (AvgIpc) is 2.25. The lowest BCUT2D eigenvalue weighted by atomic mass is 10.1. The third-order valence-corrected chi connectivity index (χ3v) is 2.85. The average molecular weight is 226 g/mol. The van der Waals surface area contributed by atoms with Gasteiger partial charge in [-0.2, -0.15) is 0 Å². The molecule has 0 atom stereocenters. The summed E-state index contributed by atoms with van der Waals surface area (Å²) in [6.07, 6.45) is 3.61. The molecule has 0 aliphatic rings. The fourth-order valence-electron chi connectivity index (χ4n) is 1.53. The van der Waals surface area contributed by atoms with Gasteiger partial charge in [0.1, 0.15) is 0 Å². The molecule has 1 nitrogen and oxygen atoms in total. The normalized spacial score (nSPS) is 10.6. The number of hydrogen-bond acceptors (Lipinski definition) is 1. The molecule has 0 saturated heterocycles. The lowest BCUT2D eigenvalue weighted by molar-refractivity contribution is 0.726. The summed E-state index contributed by atoms with van der Waals surface area (Å²) in [6, 6.07) is 6.42. The Morgan fingerprint density at radius 2 is 2.07 bits per heavy atom. The van der Waals surface area contributed by atoms with E-state index in [1.54, 1.807) is 0 Å². The van der Waals surface area contributed by atoms with E-state index in [9.17, 15) is 0 Å². The molecule has 1 aromatic carbocycles. The molecule has 0 saturated carbocycles. The van der Waals surface area contributed by atoms with Crippen LogP contribution < -0.4 is 5.32 Å². The molecule has 1 N–H and O–H groups in total. The summed E-state index contributed by atoms with van der Waals surface area (Å²) in [7, 11) is 0. The van der Waals surface area contributed by atoms with Gasteiger partial charge in [-0.15, -0.1) is 0 Å². The zero-order chi connectivity index (χ0) is 11.1. The molecule has 84 valence electrons.